The van der Waals surface area contributed by atoms with Crippen LogP contribution in [0.1, 0.15) is 25.0 Å². The van der Waals surface area contributed by atoms with Crippen LogP contribution in [0.15, 0.2) is 58.3 Å². The zero-order valence-corrected chi connectivity index (χ0v) is 16.7. The molecule has 6 heteroatoms. The predicted octanol–water partition coefficient (Wildman–Crippen LogP) is 3.82. The van der Waals surface area contributed by atoms with Crippen molar-refractivity contribution in [3.63, 3.8) is 0 Å². The first-order valence-corrected chi connectivity index (χ1v) is 11.3. The van der Waals surface area contributed by atoms with E-state index in [1.165, 1.54) is 12.5 Å². The van der Waals surface area contributed by atoms with Gasteiger partial charge in [0.1, 0.15) is 0 Å². The first-order valence-electron chi connectivity index (χ1n) is 7.53. The molecule has 0 aliphatic heterocycles. The number of hydrogen-bond acceptors (Lipinski definition) is 4. The summed E-state index contributed by atoms with van der Waals surface area (Å²) in [5.41, 5.74) is 2.13. The van der Waals surface area contributed by atoms with E-state index in [0.29, 0.717) is 9.79 Å². The van der Waals surface area contributed by atoms with E-state index in [1.54, 1.807) is 48.5 Å². The molecular formula is C18H26O4S2. The Morgan fingerprint density at radius 2 is 0.750 bits per heavy atom. The molecule has 0 aliphatic carbocycles. The summed E-state index contributed by atoms with van der Waals surface area (Å²) in [4.78, 5) is 0.756. The normalized spacial score (nSPS) is 10.8. The highest BCUT2D eigenvalue weighted by atomic mass is 32.2. The maximum Gasteiger partial charge on any atom is 0.175 e. The average molecular weight is 371 g/mol. The third kappa shape index (κ3) is 8.26. The van der Waals surface area contributed by atoms with Crippen LogP contribution in [0.4, 0.5) is 0 Å². The first kappa shape index (κ1) is 22.3. The van der Waals surface area contributed by atoms with Gasteiger partial charge in [0.2, 0.25) is 0 Å². The summed E-state index contributed by atoms with van der Waals surface area (Å²) in [6.07, 6.45) is 2.41. The summed E-state index contributed by atoms with van der Waals surface area (Å²) in [6, 6.07) is 13.6. The van der Waals surface area contributed by atoms with Crippen LogP contribution in [0, 0.1) is 13.8 Å². The van der Waals surface area contributed by atoms with Crippen LogP contribution in [0.3, 0.4) is 0 Å². The van der Waals surface area contributed by atoms with Crippen molar-refractivity contribution in [2.45, 2.75) is 37.5 Å². The molecule has 0 fully saturated rings. The molecule has 134 valence electrons. The lowest BCUT2D eigenvalue weighted by Gasteiger charge is -1.96. The second kappa shape index (κ2) is 9.59. The lowest BCUT2D eigenvalue weighted by molar-refractivity contribution is 0.600. The van der Waals surface area contributed by atoms with Crippen LogP contribution in [0.2, 0.25) is 0 Å². The van der Waals surface area contributed by atoms with Crippen molar-refractivity contribution in [2.24, 2.45) is 0 Å². The molecule has 4 nitrogen and oxygen atoms in total. The van der Waals surface area contributed by atoms with Gasteiger partial charge in [-0.15, -0.1) is 0 Å². The standard InChI is InChI=1S/2C8H10O2S.C2H6/c2*1-7-3-5-8(6-4-7)11(2,9)10;1-2/h2*3-6H,1-2H3;1-2H3. The van der Waals surface area contributed by atoms with Gasteiger partial charge in [-0.25, -0.2) is 16.8 Å². The van der Waals surface area contributed by atoms with Crippen molar-refractivity contribution < 1.29 is 16.8 Å². The number of sulfone groups is 2. The molecule has 0 aliphatic rings. The summed E-state index contributed by atoms with van der Waals surface area (Å²) in [6.45, 7) is 7.85. The molecule has 0 saturated heterocycles. The summed E-state index contributed by atoms with van der Waals surface area (Å²) in [7, 11) is -6.04. The minimum atomic E-state index is -3.02. The van der Waals surface area contributed by atoms with E-state index in [9.17, 15) is 16.8 Å². The maximum absolute atomic E-state index is 10.9. The van der Waals surface area contributed by atoms with Gasteiger partial charge < -0.3 is 0 Å². The Hall–Kier alpha value is -1.66. The fourth-order valence-electron chi connectivity index (χ4n) is 1.57. The molecular weight excluding hydrogens is 344 g/mol. The van der Waals surface area contributed by atoms with Crippen molar-refractivity contribution in [3.05, 3.63) is 59.7 Å². The maximum atomic E-state index is 10.9. The van der Waals surface area contributed by atoms with Crippen LogP contribution in [0.5, 0.6) is 0 Å². The molecule has 0 atom stereocenters. The third-order valence-electron chi connectivity index (χ3n) is 2.90. The molecule has 2 aromatic carbocycles. The highest BCUT2D eigenvalue weighted by Gasteiger charge is 2.04. The second-order valence-electron chi connectivity index (χ2n) is 5.17. The Kier molecular flexibility index (Phi) is 8.93. The zero-order chi connectivity index (χ0) is 19.0. The lowest BCUT2D eigenvalue weighted by atomic mass is 10.2. The second-order valence-corrected chi connectivity index (χ2v) is 9.20. The van der Waals surface area contributed by atoms with Crippen LogP contribution in [0.25, 0.3) is 0 Å². The smallest absolute Gasteiger partial charge is 0.175 e. The molecule has 0 radical (unpaired) electrons. The highest BCUT2D eigenvalue weighted by Crippen LogP contribution is 2.09. The van der Waals surface area contributed by atoms with E-state index in [4.69, 9.17) is 0 Å². The van der Waals surface area contributed by atoms with Gasteiger partial charge in [0.25, 0.3) is 0 Å². The van der Waals surface area contributed by atoms with E-state index in [-0.39, 0.29) is 0 Å². The zero-order valence-electron chi connectivity index (χ0n) is 15.1. The van der Waals surface area contributed by atoms with E-state index in [2.05, 4.69) is 0 Å². The molecule has 0 spiro atoms. The molecule has 0 N–H and O–H groups in total. The van der Waals surface area contributed by atoms with Crippen LogP contribution in [-0.2, 0) is 19.7 Å². The van der Waals surface area contributed by atoms with Crippen LogP contribution < -0.4 is 0 Å². The molecule has 24 heavy (non-hydrogen) atoms. The van der Waals surface area contributed by atoms with E-state index in [1.807, 2.05) is 27.7 Å². The molecule has 0 saturated carbocycles. The topological polar surface area (TPSA) is 68.3 Å². The van der Waals surface area contributed by atoms with Crippen molar-refractivity contribution >= 4 is 19.7 Å². The van der Waals surface area contributed by atoms with Crippen molar-refractivity contribution in [1.29, 1.82) is 0 Å². The van der Waals surface area contributed by atoms with Crippen molar-refractivity contribution in [1.82, 2.24) is 0 Å². The van der Waals surface area contributed by atoms with E-state index >= 15 is 0 Å². The summed E-state index contributed by atoms with van der Waals surface area (Å²) < 4.78 is 43.8. The molecule has 0 bridgehead atoms. The number of hydrogen-bond donors (Lipinski definition) is 0. The molecule has 2 rings (SSSR count). The quantitative estimate of drug-likeness (QED) is 0.806. The third-order valence-corrected chi connectivity index (χ3v) is 5.16. The van der Waals surface area contributed by atoms with Crippen LogP contribution >= 0.6 is 0 Å². The largest absolute Gasteiger partial charge is 0.224 e. The Morgan fingerprint density at radius 1 is 0.542 bits per heavy atom. The van der Waals surface area contributed by atoms with E-state index < -0.39 is 19.7 Å². The Balaban J connectivity index is 0.000000400. The molecule has 0 aromatic heterocycles. The minimum Gasteiger partial charge on any atom is -0.224 e. The first-order chi connectivity index (χ1) is 11.0. The van der Waals surface area contributed by atoms with Gasteiger partial charge in [-0.1, -0.05) is 49.2 Å². The van der Waals surface area contributed by atoms with Gasteiger partial charge in [0.05, 0.1) is 9.79 Å². The van der Waals surface area contributed by atoms with Crippen molar-refractivity contribution in [2.75, 3.05) is 12.5 Å². The summed E-state index contributed by atoms with van der Waals surface area (Å²) in [5, 5.41) is 0. The number of benzene rings is 2. The highest BCUT2D eigenvalue weighted by molar-refractivity contribution is 7.91. The number of rotatable bonds is 2. The van der Waals surface area contributed by atoms with Gasteiger partial charge in [0.15, 0.2) is 19.7 Å². The minimum absolute atomic E-state index is 0.378. The molecule has 0 unspecified atom stereocenters. The molecule has 2 aromatic rings. The SMILES string of the molecule is CC.Cc1ccc(S(C)(=O)=O)cc1.Cc1ccc(S(C)(=O)=O)cc1. The van der Waals surface area contributed by atoms with E-state index in [0.717, 1.165) is 11.1 Å². The average Bonchev–Trinajstić information content (AvgIpc) is 2.49. The molecule has 0 heterocycles. The lowest BCUT2D eigenvalue weighted by Crippen LogP contribution is -1.95. The number of aryl methyl sites for hydroxylation is 2. The van der Waals surface area contributed by atoms with Gasteiger partial charge in [-0.2, -0.15) is 0 Å². The van der Waals surface area contributed by atoms with Gasteiger partial charge in [-0.3, -0.25) is 0 Å². The fourth-order valence-corrected chi connectivity index (χ4v) is 2.83. The summed E-state index contributed by atoms with van der Waals surface area (Å²) >= 11 is 0. The monoisotopic (exact) mass is 370 g/mol. The molecule has 0 amide bonds. The summed E-state index contributed by atoms with van der Waals surface area (Å²) in [5.74, 6) is 0. The predicted molar refractivity (Wildman–Crippen MR) is 99.9 cm³/mol. The Labute approximate surface area is 146 Å². The van der Waals surface area contributed by atoms with Crippen LogP contribution in [-0.4, -0.2) is 29.3 Å². The van der Waals surface area contributed by atoms with Gasteiger partial charge in [-0.05, 0) is 38.1 Å². The fraction of sp³-hybridized carbons (Fsp3) is 0.333. The van der Waals surface area contributed by atoms with Crippen molar-refractivity contribution in [3.8, 4) is 0 Å². The van der Waals surface area contributed by atoms with Gasteiger partial charge in [0, 0.05) is 12.5 Å². The Bertz CT molecular complexity index is 744. The Morgan fingerprint density at radius 3 is 0.917 bits per heavy atom. The van der Waals surface area contributed by atoms with Gasteiger partial charge >= 0.3 is 0 Å².